The molecule has 0 fully saturated rings. The minimum absolute atomic E-state index is 0.666. The molecule has 7 heteroatoms. The van der Waals surface area contributed by atoms with E-state index in [1.165, 1.54) is 0 Å². The van der Waals surface area contributed by atoms with E-state index in [0.717, 1.165) is 48.2 Å². The van der Waals surface area contributed by atoms with Crippen LogP contribution in [0.5, 0.6) is 5.75 Å². The van der Waals surface area contributed by atoms with E-state index >= 15 is 0 Å². The third-order valence-corrected chi connectivity index (χ3v) is 3.78. The van der Waals surface area contributed by atoms with Crippen LogP contribution in [0.1, 0.15) is 38.7 Å². The molecule has 22 heavy (non-hydrogen) atoms. The monoisotopic (exact) mass is 367 g/mol. The predicted octanol–water partition coefficient (Wildman–Crippen LogP) is 3.64. The number of nitrogens with one attached hydrogen (secondary N) is 1. The topological polar surface area (TPSA) is 64.9 Å². The molecule has 0 bridgehead atoms. The fourth-order valence-corrected chi connectivity index (χ4v) is 2.49. The number of nitrogens with zero attached hydrogens (tertiary/aromatic N) is 4. The van der Waals surface area contributed by atoms with Gasteiger partial charge in [0.05, 0.1) is 11.1 Å². The van der Waals surface area contributed by atoms with Crippen molar-refractivity contribution >= 4 is 21.9 Å². The van der Waals surface area contributed by atoms with Crippen LogP contribution >= 0.6 is 15.9 Å². The number of aromatic nitrogens is 4. The molecule has 2 rings (SSSR count). The van der Waals surface area contributed by atoms with Crippen LogP contribution in [0.3, 0.4) is 0 Å². The van der Waals surface area contributed by atoms with Gasteiger partial charge in [-0.25, -0.2) is 4.68 Å². The van der Waals surface area contributed by atoms with Gasteiger partial charge in [-0.3, -0.25) is 0 Å². The molecule has 0 radical (unpaired) electrons. The summed E-state index contributed by atoms with van der Waals surface area (Å²) in [5, 5.41) is 15.0. The molecule has 2 aromatic rings. The fourth-order valence-electron chi connectivity index (χ4n) is 1.95. The Morgan fingerprint density at radius 2 is 2.14 bits per heavy atom. The molecule has 0 aliphatic rings. The van der Waals surface area contributed by atoms with Crippen molar-refractivity contribution in [1.82, 2.24) is 20.2 Å². The summed E-state index contributed by atoms with van der Waals surface area (Å²) in [4.78, 5) is 0. The lowest BCUT2D eigenvalue weighted by Gasteiger charge is -2.10. The van der Waals surface area contributed by atoms with Gasteiger partial charge in [-0.2, -0.15) is 0 Å². The van der Waals surface area contributed by atoms with Crippen molar-refractivity contribution in [2.45, 2.75) is 46.2 Å². The Morgan fingerprint density at radius 3 is 2.86 bits per heavy atom. The van der Waals surface area contributed by atoms with E-state index in [-0.39, 0.29) is 0 Å². The van der Waals surface area contributed by atoms with Crippen LogP contribution in [0, 0.1) is 0 Å². The number of hydrogen-bond donors (Lipinski definition) is 1. The first-order valence-corrected chi connectivity index (χ1v) is 8.45. The Balaban J connectivity index is 1.94. The lowest BCUT2D eigenvalue weighted by molar-refractivity contribution is 0.315. The van der Waals surface area contributed by atoms with Crippen molar-refractivity contribution in [1.29, 1.82) is 0 Å². The average molecular weight is 368 g/mol. The van der Waals surface area contributed by atoms with Gasteiger partial charge in [-0.1, -0.05) is 31.4 Å². The standard InChI is InChI=1S/C15H22BrN5O/c1-3-5-8-21-15(18-19-20-21)17-11-12-6-7-14(13(16)10-12)22-9-4-2/h6-7,10H,3-5,8-9,11H2,1-2H3,(H,17,18,20). The first kappa shape index (κ1) is 16.7. The second-order valence-electron chi connectivity index (χ2n) is 5.05. The Kier molecular flexibility index (Phi) is 6.64. The van der Waals surface area contributed by atoms with Gasteiger partial charge in [0.25, 0.3) is 0 Å². The van der Waals surface area contributed by atoms with Crippen molar-refractivity contribution < 1.29 is 4.74 Å². The van der Waals surface area contributed by atoms with Crippen LogP contribution in [-0.2, 0) is 13.1 Å². The van der Waals surface area contributed by atoms with Crippen molar-refractivity contribution in [2.24, 2.45) is 0 Å². The molecule has 1 aromatic carbocycles. The Bertz CT molecular complexity index is 587. The Morgan fingerprint density at radius 1 is 1.27 bits per heavy atom. The molecule has 6 nitrogen and oxygen atoms in total. The fraction of sp³-hybridized carbons (Fsp3) is 0.533. The van der Waals surface area contributed by atoms with Crippen molar-refractivity contribution in [3.05, 3.63) is 28.2 Å². The zero-order chi connectivity index (χ0) is 15.8. The van der Waals surface area contributed by atoms with E-state index in [4.69, 9.17) is 4.74 Å². The maximum atomic E-state index is 5.65. The molecule has 1 N–H and O–H groups in total. The molecule has 0 aliphatic carbocycles. The second-order valence-corrected chi connectivity index (χ2v) is 5.90. The summed E-state index contributed by atoms with van der Waals surface area (Å²) in [7, 11) is 0. The smallest absolute Gasteiger partial charge is 0.243 e. The summed E-state index contributed by atoms with van der Waals surface area (Å²) in [6.45, 7) is 6.47. The first-order valence-electron chi connectivity index (χ1n) is 7.65. The molecule has 0 amide bonds. The predicted molar refractivity (Wildman–Crippen MR) is 90.0 cm³/mol. The molecule has 1 aromatic heterocycles. The number of aryl methyl sites for hydroxylation is 1. The number of anilines is 1. The second kappa shape index (κ2) is 8.73. The average Bonchev–Trinajstić information content (AvgIpc) is 2.97. The third kappa shape index (κ3) is 4.69. The molecule has 120 valence electrons. The zero-order valence-corrected chi connectivity index (χ0v) is 14.6. The molecule has 0 atom stereocenters. The number of benzene rings is 1. The van der Waals surface area contributed by atoms with E-state index in [1.54, 1.807) is 4.68 Å². The minimum atomic E-state index is 0.666. The van der Waals surface area contributed by atoms with Crippen LogP contribution in [-0.4, -0.2) is 26.8 Å². The van der Waals surface area contributed by atoms with Gasteiger partial charge in [0, 0.05) is 13.1 Å². The number of tetrazole rings is 1. The summed E-state index contributed by atoms with van der Waals surface area (Å²) in [6.07, 6.45) is 3.18. The maximum absolute atomic E-state index is 5.65. The zero-order valence-electron chi connectivity index (χ0n) is 13.0. The number of rotatable bonds is 9. The highest BCUT2D eigenvalue weighted by Crippen LogP contribution is 2.26. The molecule has 0 aliphatic heterocycles. The molecular weight excluding hydrogens is 346 g/mol. The van der Waals surface area contributed by atoms with Crippen LogP contribution in [0.15, 0.2) is 22.7 Å². The van der Waals surface area contributed by atoms with Crippen LogP contribution in [0.25, 0.3) is 0 Å². The number of unbranched alkanes of at least 4 members (excludes halogenated alkanes) is 1. The maximum Gasteiger partial charge on any atom is 0.243 e. The summed E-state index contributed by atoms with van der Waals surface area (Å²) in [5.74, 6) is 1.58. The quantitative estimate of drug-likeness (QED) is 0.732. The van der Waals surface area contributed by atoms with Gasteiger partial charge < -0.3 is 10.1 Å². The summed E-state index contributed by atoms with van der Waals surface area (Å²) >= 11 is 3.55. The highest BCUT2D eigenvalue weighted by Gasteiger charge is 2.06. The highest BCUT2D eigenvalue weighted by molar-refractivity contribution is 9.10. The third-order valence-electron chi connectivity index (χ3n) is 3.16. The van der Waals surface area contributed by atoms with Crippen LogP contribution < -0.4 is 10.1 Å². The normalized spacial score (nSPS) is 10.7. The SMILES string of the molecule is CCCCn1nnnc1NCc1ccc(OCCC)c(Br)c1. The summed E-state index contributed by atoms with van der Waals surface area (Å²) in [6, 6.07) is 6.08. The van der Waals surface area contributed by atoms with E-state index < -0.39 is 0 Å². The number of ether oxygens (including phenoxy) is 1. The van der Waals surface area contributed by atoms with Gasteiger partial charge in [-0.05, 0) is 56.9 Å². The molecule has 1 heterocycles. The highest BCUT2D eigenvalue weighted by atomic mass is 79.9. The van der Waals surface area contributed by atoms with Crippen molar-refractivity contribution in [3.8, 4) is 5.75 Å². The lowest BCUT2D eigenvalue weighted by Crippen LogP contribution is -2.09. The van der Waals surface area contributed by atoms with Crippen LogP contribution in [0.4, 0.5) is 5.95 Å². The molecule has 0 saturated heterocycles. The minimum Gasteiger partial charge on any atom is -0.492 e. The number of halogens is 1. The van der Waals surface area contributed by atoms with Gasteiger partial charge in [0.2, 0.25) is 5.95 Å². The largest absolute Gasteiger partial charge is 0.492 e. The Labute approximate surface area is 139 Å². The van der Waals surface area contributed by atoms with Gasteiger partial charge in [0.1, 0.15) is 5.75 Å². The van der Waals surface area contributed by atoms with Crippen molar-refractivity contribution in [2.75, 3.05) is 11.9 Å². The molecule has 0 spiro atoms. The summed E-state index contributed by atoms with van der Waals surface area (Å²) < 4.78 is 8.42. The van der Waals surface area contributed by atoms with Gasteiger partial charge in [-0.15, -0.1) is 0 Å². The van der Waals surface area contributed by atoms with E-state index in [1.807, 2.05) is 12.1 Å². The van der Waals surface area contributed by atoms with E-state index in [2.05, 4.69) is 56.7 Å². The van der Waals surface area contributed by atoms with E-state index in [9.17, 15) is 0 Å². The van der Waals surface area contributed by atoms with Crippen molar-refractivity contribution in [3.63, 3.8) is 0 Å². The number of hydrogen-bond acceptors (Lipinski definition) is 5. The van der Waals surface area contributed by atoms with Gasteiger partial charge >= 0.3 is 0 Å². The first-order chi connectivity index (χ1) is 10.7. The summed E-state index contributed by atoms with van der Waals surface area (Å²) in [5.41, 5.74) is 1.14. The molecular formula is C15H22BrN5O. The van der Waals surface area contributed by atoms with Gasteiger partial charge in [0.15, 0.2) is 0 Å². The van der Waals surface area contributed by atoms with E-state index in [0.29, 0.717) is 12.5 Å². The molecule has 0 saturated carbocycles. The van der Waals surface area contributed by atoms with Crippen LogP contribution in [0.2, 0.25) is 0 Å². The Hall–Kier alpha value is -1.63. The lowest BCUT2D eigenvalue weighted by atomic mass is 10.2. The molecule has 0 unspecified atom stereocenters.